The predicted octanol–water partition coefficient (Wildman–Crippen LogP) is 4.65. The summed E-state index contributed by atoms with van der Waals surface area (Å²) < 4.78 is 0. The molecule has 0 saturated carbocycles. The highest BCUT2D eigenvalue weighted by Gasteiger charge is 2.14. The first-order valence-electron chi connectivity index (χ1n) is 3.78. The van der Waals surface area contributed by atoms with Crippen molar-refractivity contribution in [3.8, 4) is 0 Å². The molecule has 0 aliphatic rings. The van der Waals surface area contributed by atoms with Crippen LogP contribution in [0, 0.1) is 0 Å². The fourth-order valence-corrected chi connectivity index (χ4v) is 2.19. The molecular weight excluding hydrogens is 219 g/mol. The normalized spacial score (nSPS) is 10.4. The van der Waals surface area contributed by atoms with Gasteiger partial charge in [-0.05, 0) is 6.04 Å². The fraction of sp³-hybridized carbons (Fsp3) is 1.00. The van der Waals surface area contributed by atoms with Crippen LogP contribution in [-0.4, -0.2) is 12.7 Å². The minimum Gasteiger partial charge on any atom is -0.168 e. The zero-order valence-corrected chi connectivity index (χ0v) is 10.7. The molecule has 0 saturated heterocycles. The molecule has 0 N–H and O–H groups in total. The zero-order chi connectivity index (χ0) is 9.33. The van der Waals surface area contributed by atoms with Crippen LogP contribution in [0.25, 0.3) is 0 Å². The molecule has 0 unspecified atom stereocenters. The smallest absolute Gasteiger partial charge is 0.150 e. The molecule has 0 aliphatic heterocycles. The van der Waals surface area contributed by atoms with E-state index in [1.807, 2.05) is 0 Å². The summed E-state index contributed by atoms with van der Waals surface area (Å²) in [6.07, 6.45) is 2.59. The Balaban J connectivity index is 0. The number of halogens is 3. The van der Waals surface area contributed by atoms with Crippen molar-refractivity contribution in [2.45, 2.75) is 38.9 Å². The lowest BCUT2D eigenvalue weighted by Crippen LogP contribution is -2.14. The quantitative estimate of drug-likeness (QED) is 0.379. The second kappa shape index (κ2) is 9.18. The average Bonchev–Trinajstić information content (AvgIpc) is 1.84. The van der Waals surface area contributed by atoms with Gasteiger partial charge in [0.15, 0.2) is 0 Å². The molecule has 4 heteroatoms. The first kappa shape index (κ1) is 14.6. The Bertz CT molecular complexity index is 70.6. The number of hydrogen-bond acceptors (Lipinski definition) is 0. The minimum absolute atomic E-state index is 0.194. The van der Waals surface area contributed by atoms with Gasteiger partial charge >= 0.3 is 0 Å². The Kier molecular flexibility index (Phi) is 12.2. The summed E-state index contributed by atoms with van der Waals surface area (Å²) >= 11 is 15.6. The van der Waals surface area contributed by atoms with Gasteiger partial charge in [0.1, 0.15) is 7.38 Å². The summed E-state index contributed by atoms with van der Waals surface area (Å²) in [4.78, 5) is 0. The van der Waals surface area contributed by atoms with Crippen LogP contribution in [0.5, 0.6) is 0 Å². The molecule has 0 bridgehead atoms. The lowest BCUT2D eigenvalue weighted by molar-refractivity contribution is 0.873. The van der Waals surface area contributed by atoms with Crippen LogP contribution < -0.4 is 0 Å². The van der Waals surface area contributed by atoms with Gasteiger partial charge in [0.25, 0.3) is 0 Å². The molecule has 0 fully saturated rings. The van der Waals surface area contributed by atoms with E-state index in [2.05, 4.69) is 20.0 Å². The topological polar surface area (TPSA) is 0 Å². The average molecular weight is 236 g/mol. The molecule has 0 aliphatic carbocycles. The van der Waals surface area contributed by atoms with Crippen molar-refractivity contribution < 1.29 is 0 Å². The Morgan fingerprint density at radius 1 is 1.18 bits per heavy atom. The maximum Gasteiger partial charge on any atom is 0.150 e. The van der Waals surface area contributed by atoms with E-state index in [0.717, 1.165) is 0 Å². The summed E-state index contributed by atoms with van der Waals surface area (Å²) in [6.45, 7) is 6.60. The van der Waals surface area contributed by atoms with Crippen molar-refractivity contribution in [3.05, 3.63) is 0 Å². The summed E-state index contributed by atoms with van der Waals surface area (Å²) in [7, 11) is -1.21. The van der Waals surface area contributed by atoms with Crippen molar-refractivity contribution in [1.29, 1.82) is 0 Å². The molecule has 0 aromatic heterocycles. The van der Waals surface area contributed by atoms with E-state index in [0.29, 0.717) is 0 Å². The predicted molar refractivity (Wildman–Crippen MR) is 59.6 cm³/mol. The highest BCUT2D eigenvalue weighted by atomic mass is 35.6. The third-order valence-electron chi connectivity index (χ3n) is 1.12. The van der Waals surface area contributed by atoms with Gasteiger partial charge in [-0.3, -0.25) is 0 Å². The van der Waals surface area contributed by atoms with E-state index >= 15 is 0 Å². The molecule has 0 heterocycles. The molecular formula is C7H17Cl3Si. The largest absolute Gasteiger partial charge is 0.168 e. The van der Waals surface area contributed by atoms with Gasteiger partial charge in [-0.25, -0.2) is 0 Å². The molecule has 0 nitrogen and oxygen atoms in total. The van der Waals surface area contributed by atoms with Crippen molar-refractivity contribution in [1.82, 2.24) is 0 Å². The number of rotatable bonds is 3. The monoisotopic (exact) mass is 234 g/mol. The van der Waals surface area contributed by atoms with Crippen LogP contribution in [0.4, 0.5) is 0 Å². The van der Waals surface area contributed by atoms with Crippen molar-refractivity contribution in [3.63, 3.8) is 0 Å². The molecule has 11 heavy (non-hydrogen) atoms. The van der Waals surface area contributed by atoms with Crippen molar-refractivity contribution >= 4 is 41.7 Å². The first-order chi connectivity index (χ1) is 4.97. The number of unbranched alkanes of at least 4 members (excludes halogenated alkanes) is 1. The summed E-state index contributed by atoms with van der Waals surface area (Å²) in [5.41, 5.74) is 0. The van der Waals surface area contributed by atoms with Gasteiger partial charge < -0.3 is 0 Å². The SMILES string of the molecule is CCCC[Si](C)(C)Cl.ClCCl. The standard InChI is InChI=1S/C6H15ClSi.CH2Cl2/c1-4-5-6-8(2,3)7;2-1-3/h4-6H2,1-3H3;1H2. The molecule has 0 amide bonds. The number of alkyl halides is 2. The summed E-state index contributed by atoms with van der Waals surface area (Å²) in [5, 5.41) is 0.194. The maximum absolute atomic E-state index is 6.05. The van der Waals surface area contributed by atoms with Gasteiger partial charge in [-0.1, -0.05) is 32.9 Å². The van der Waals surface area contributed by atoms with Gasteiger partial charge in [-0.15, -0.1) is 23.2 Å². The maximum atomic E-state index is 6.05. The highest BCUT2D eigenvalue weighted by molar-refractivity contribution is 7.19. The van der Waals surface area contributed by atoms with Crippen LogP contribution in [0.1, 0.15) is 19.8 Å². The molecule has 0 rings (SSSR count). The Morgan fingerprint density at radius 3 is 1.64 bits per heavy atom. The third kappa shape index (κ3) is 24.7. The second-order valence-electron chi connectivity index (χ2n) is 2.92. The summed E-state index contributed by atoms with van der Waals surface area (Å²) in [5.74, 6) is 0. The lowest BCUT2D eigenvalue weighted by Gasteiger charge is -2.10. The minimum atomic E-state index is -1.21. The van der Waals surface area contributed by atoms with Crippen LogP contribution >= 0.6 is 34.3 Å². The fourth-order valence-electron chi connectivity index (χ4n) is 0.597. The van der Waals surface area contributed by atoms with Gasteiger partial charge in [0, 0.05) is 0 Å². The Labute approximate surface area is 85.9 Å². The second-order valence-corrected chi connectivity index (χ2v) is 10.7. The molecule has 0 aromatic carbocycles. The number of hydrogen-bond donors (Lipinski definition) is 0. The molecule has 70 valence electrons. The van der Waals surface area contributed by atoms with Gasteiger partial charge in [0.2, 0.25) is 0 Å². The van der Waals surface area contributed by atoms with Crippen molar-refractivity contribution in [2.75, 3.05) is 5.34 Å². The van der Waals surface area contributed by atoms with Crippen LogP contribution in [-0.2, 0) is 0 Å². The van der Waals surface area contributed by atoms with Crippen LogP contribution in [0.2, 0.25) is 19.1 Å². The van der Waals surface area contributed by atoms with E-state index in [1.54, 1.807) is 0 Å². The zero-order valence-electron chi connectivity index (χ0n) is 7.46. The van der Waals surface area contributed by atoms with Crippen LogP contribution in [0.3, 0.4) is 0 Å². The first-order valence-corrected chi connectivity index (χ1v) is 9.07. The van der Waals surface area contributed by atoms with Gasteiger partial charge in [-0.2, -0.15) is 11.1 Å². The van der Waals surface area contributed by atoms with E-state index in [1.165, 1.54) is 18.9 Å². The van der Waals surface area contributed by atoms with E-state index in [-0.39, 0.29) is 5.34 Å². The van der Waals surface area contributed by atoms with E-state index in [9.17, 15) is 0 Å². The van der Waals surface area contributed by atoms with Crippen LogP contribution in [0.15, 0.2) is 0 Å². The van der Waals surface area contributed by atoms with Gasteiger partial charge in [0.05, 0.1) is 5.34 Å². The molecule has 0 radical (unpaired) electrons. The van der Waals surface area contributed by atoms with E-state index in [4.69, 9.17) is 34.3 Å². The summed E-state index contributed by atoms with van der Waals surface area (Å²) in [6, 6.07) is 1.27. The highest BCUT2D eigenvalue weighted by Crippen LogP contribution is 2.16. The molecule has 0 aromatic rings. The lowest BCUT2D eigenvalue weighted by atomic mass is 10.4. The Morgan fingerprint density at radius 2 is 1.55 bits per heavy atom. The third-order valence-corrected chi connectivity index (χ3v) is 3.23. The van der Waals surface area contributed by atoms with Crippen molar-refractivity contribution in [2.24, 2.45) is 0 Å². The molecule has 0 spiro atoms. The van der Waals surface area contributed by atoms with E-state index < -0.39 is 7.38 Å². The molecule has 0 atom stereocenters. The Hall–Kier alpha value is 1.09.